The smallest absolute Gasteiger partial charge is 0.132 e. The van der Waals surface area contributed by atoms with Gasteiger partial charge in [-0.05, 0) is 38.8 Å². The van der Waals surface area contributed by atoms with Crippen LogP contribution in [0.3, 0.4) is 0 Å². The van der Waals surface area contributed by atoms with Gasteiger partial charge in [0.2, 0.25) is 0 Å². The molecule has 1 N–H and O–H groups in total. The number of ether oxygens (including phenoxy) is 1. The van der Waals surface area contributed by atoms with Crippen LogP contribution in [0, 0.1) is 13.8 Å². The first-order valence-corrected chi connectivity index (χ1v) is 6.77. The van der Waals surface area contributed by atoms with E-state index in [0.717, 1.165) is 22.6 Å². The second kappa shape index (κ2) is 6.05. The summed E-state index contributed by atoms with van der Waals surface area (Å²) in [7, 11) is 0. The highest BCUT2D eigenvalue weighted by Crippen LogP contribution is 2.24. The molecule has 0 bridgehead atoms. The first-order chi connectivity index (χ1) is 9.54. The van der Waals surface area contributed by atoms with E-state index in [4.69, 9.17) is 4.74 Å². The van der Waals surface area contributed by atoms with Crippen molar-refractivity contribution in [2.75, 3.05) is 0 Å². The van der Waals surface area contributed by atoms with Crippen molar-refractivity contribution in [2.24, 2.45) is 0 Å². The van der Waals surface area contributed by atoms with E-state index in [2.05, 4.69) is 10.3 Å². The summed E-state index contributed by atoms with van der Waals surface area (Å²) >= 11 is 0. The lowest BCUT2D eigenvalue weighted by molar-refractivity contribution is 0.259. The normalized spacial score (nSPS) is 11.1. The molecule has 20 heavy (non-hydrogen) atoms. The van der Waals surface area contributed by atoms with Gasteiger partial charge in [0, 0.05) is 6.04 Å². The fraction of sp³-hybridized carbons (Fsp3) is 0.467. The Morgan fingerprint density at radius 3 is 2.45 bits per heavy atom. The maximum atomic E-state index is 9.35. The molecule has 1 heterocycles. The summed E-state index contributed by atoms with van der Waals surface area (Å²) in [6.07, 6.45) is 0. The first-order valence-electron chi connectivity index (χ1n) is 6.77. The van der Waals surface area contributed by atoms with Crippen LogP contribution >= 0.6 is 0 Å². The summed E-state index contributed by atoms with van der Waals surface area (Å²) in [4.78, 5) is 0. The van der Waals surface area contributed by atoms with E-state index in [1.54, 1.807) is 4.68 Å². The minimum atomic E-state index is -0.127. The van der Waals surface area contributed by atoms with E-state index in [-0.39, 0.29) is 12.6 Å². The van der Waals surface area contributed by atoms with Crippen molar-refractivity contribution in [3.8, 4) is 5.75 Å². The van der Waals surface area contributed by atoms with E-state index >= 15 is 0 Å². The van der Waals surface area contributed by atoms with Gasteiger partial charge in [0.15, 0.2) is 0 Å². The summed E-state index contributed by atoms with van der Waals surface area (Å²) in [5.41, 5.74) is 3.59. The van der Waals surface area contributed by atoms with Crippen LogP contribution in [0.1, 0.15) is 42.4 Å². The van der Waals surface area contributed by atoms with Gasteiger partial charge in [-0.2, -0.15) is 0 Å². The minimum Gasteiger partial charge on any atom is -0.487 e. The zero-order chi connectivity index (χ0) is 14.7. The van der Waals surface area contributed by atoms with E-state index in [1.807, 2.05) is 45.9 Å². The summed E-state index contributed by atoms with van der Waals surface area (Å²) < 4.78 is 7.72. The van der Waals surface area contributed by atoms with Crippen LogP contribution in [0.4, 0.5) is 0 Å². The van der Waals surface area contributed by atoms with Gasteiger partial charge < -0.3 is 9.84 Å². The summed E-state index contributed by atoms with van der Waals surface area (Å²) in [5, 5.41) is 17.4. The number of para-hydroxylation sites is 1. The molecule has 0 unspecified atom stereocenters. The van der Waals surface area contributed by atoms with E-state index in [1.165, 1.54) is 0 Å². The van der Waals surface area contributed by atoms with Crippen LogP contribution in [-0.4, -0.2) is 20.1 Å². The minimum absolute atomic E-state index is 0.127. The molecule has 1 aromatic heterocycles. The summed E-state index contributed by atoms with van der Waals surface area (Å²) in [6.45, 7) is 8.32. The van der Waals surface area contributed by atoms with Gasteiger partial charge in [0.25, 0.3) is 0 Å². The van der Waals surface area contributed by atoms with Crippen molar-refractivity contribution >= 4 is 0 Å². The predicted octanol–water partition coefficient (Wildman–Crippen LogP) is 2.55. The van der Waals surface area contributed by atoms with Crippen molar-refractivity contribution in [1.82, 2.24) is 15.0 Å². The van der Waals surface area contributed by atoms with Crippen molar-refractivity contribution in [3.63, 3.8) is 0 Å². The van der Waals surface area contributed by atoms with E-state index in [0.29, 0.717) is 12.3 Å². The van der Waals surface area contributed by atoms with Crippen LogP contribution in [0.15, 0.2) is 18.2 Å². The van der Waals surface area contributed by atoms with Gasteiger partial charge in [0.05, 0.1) is 6.61 Å². The second-order valence-corrected chi connectivity index (χ2v) is 5.19. The van der Waals surface area contributed by atoms with Crippen LogP contribution < -0.4 is 4.74 Å². The lowest BCUT2D eigenvalue weighted by Gasteiger charge is -2.14. The molecule has 0 aliphatic heterocycles. The third-order valence-corrected chi connectivity index (χ3v) is 3.27. The number of aliphatic hydroxyl groups excluding tert-OH is 1. The van der Waals surface area contributed by atoms with Crippen molar-refractivity contribution < 1.29 is 9.84 Å². The van der Waals surface area contributed by atoms with E-state index in [9.17, 15) is 5.11 Å². The monoisotopic (exact) mass is 275 g/mol. The first kappa shape index (κ1) is 14.5. The molecular formula is C15H21N3O2. The average molecular weight is 275 g/mol. The molecule has 0 atom stereocenters. The Balaban J connectivity index is 2.24. The van der Waals surface area contributed by atoms with Crippen molar-refractivity contribution in [2.45, 2.75) is 47.0 Å². The largest absolute Gasteiger partial charge is 0.487 e. The molecule has 5 heteroatoms. The molecule has 0 spiro atoms. The third-order valence-electron chi connectivity index (χ3n) is 3.27. The Morgan fingerprint density at radius 2 is 1.90 bits per heavy atom. The maximum absolute atomic E-state index is 9.35. The molecule has 1 aromatic carbocycles. The number of hydrogen-bond donors (Lipinski definition) is 1. The lowest BCUT2D eigenvalue weighted by Crippen LogP contribution is -2.12. The van der Waals surface area contributed by atoms with Gasteiger partial charge in [-0.15, -0.1) is 5.10 Å². The topological polar surface area (TPSA) is 60.2 Å². The average Bonchev–Trinajstić information content (AvgIpc) is 2.81. The van der Waals surface area contributed by atoms with Crippen molar-refractivity contribution in [3.05, 3.63) is 40.7 Å². The van der Waals surface area contributed by atoms with Crippen LogP contribution in [0.25, 0.3) is 0 Å². The molecule has 2 aromatic rings. The van der Waals surface area contributed by atoms with Crippen molar-refractivity contribution in [1.29, 1.82) is 0 Å². The van der Waals surface area contributed by atoms with Gasteiger partial charge in [-0.3, -0.25) is 0 Å². The van der Waals surface area contributed by atoms with Crippen LogP contribution in [0.2, 0.25) is 0 Å². The zero-order valence-corrected chi connectivity index (χ0v) is 12.4. The molecule has 0 saturated heterocycles. The summed E-state index contributed by atoms with van der Waals surface area (Å²) in [5.74, 6) is 0.882. The Morgan fingerprint density at radius 1 is 1.25 bits per heavy atom. The molecule has 2 rings (SSSR count). The highest BCUT2D eigenvalue weighted by Gasteiger charge is 2.15. The number of hydrogen-bond acceptors (Lipinski definition) is 4. The number of aryl methyl sites for hydroxylation is 2. The Kier molecular flexibility index (Phi) is 4.39. The second-order valence-electron chi connectivity index (χ2n) is 5.19. The molecule has 0 saturated carbocycles. The standard InChI is InChI=1S/C15H21N3O2/c1-10(2)18-14(13(8-19)16-17-18)9-20-15-11(3)6-5-7-12(15)4/h5-7,10,19H,8-9H2,1-4H3. The highest BCUT2D eigenvalue weighted by molar-refractivity contribution is 5.39. The molecule has 0 aliphatic rings. The zero-order valence-electron chi connectivity index (χ0n) is 12.4. The molecule has 0 aliphatic carbocycles. The fourth-order valence-corrected chi connectivity index (χ4v) is 2.20. The highest BCUT2D eigenvalue weighted by atomic mass is 16.5. The molecule has 0 fully saturated rings. The lowest BCUT2D eigenvalue weighted by atomic mass is 10.1. The Hall–Kier alpha value is -1.88. The maximum Gasteiger partial charge on any atom is 0.132 e. The number of benzene rings is 1. The summed E-state index contributed by atoms with van der Waals surface area (Å²) in [6, 6.07) is 6.23. The third kappa shape index (κ3) is 2.82. The Bertz CT molecular complexity index is 571. The SMILES string of the molecule is Cc1cccc(C)c1OCc1c(CO)nnn1C(C)C. The molecule has 108 valence electrons. The van der Waals surface area contributed by atoms with Crippen LogP contribution in [-0.2, 0) is 13.2 Å². The Labute approximate surface area is 119 Å². The molecule has 0 radical (unpaired) electrons. The van der Waals surface area contributed by atoms with Gasteiger partial charge in [-0.1, -0.05) is 23.4 Å². The van der Waals surface area contributed by atoms with Crippen LogP contribution in [0.5, 0.6) is 5.75 Å². The number of rotatable bonds is 5. The van der Waals surface area contributed by atoms with Gasteiger partial charge in [0.1, 0.15) is 23.7 Å². The number of aromatic nitrogens is 3. The van der Waals surface area contributed by atoms with E-state index < -0.39 is 0 Å². The van der Waals surface area contributed by atoms with Gasteiger partial charge >= 0.3 is 0 Å². The number of aliphatic hydroxyl groups is 1. The predicted molar refractivity (Wildman–Crippen MR) is 76.6 cm³/mol. The fourth-order valence-electron chi connectivity index (χ4n) is 2.20. The van der Waals surface area contributed by atoms with Gasteiger partial charge in [-0.25, -0.2) is 4.68 Å². The molecular weight excluding hydrogens is 254 g/mol. The molecule has 0 amide bonds. The molecule has 5 nitrogen and oxygen atoms in total. The quantitative estimate of drug-likeness (QED) is 0.911. The number of nitrogens with zero attached hydrogens (tertiary/aromatic N) is 3.